The lowest BCUT2D eigenvalue weighted by molar-refractivity contribution is 0.456. The lowest BCUT2D eigenvalue weighted by Crippen LogP contribution is -2.24. The standard InChI is InChI=1S/C19H21F2N5S/c1-25(2)19-23-10-15(27-19)9-22-17-4-3-5-18-16(17)11-24-26(18)14-7-12(20)6-13(21)8-14/h6-8,10-11,17,22H,3-5,9H2,1-2H3/t17-/m1/s1. The Morgan fingerprint density at radius 3 is 2.70 bits per heavy atom. The Morgan fingerprint density at radius 2 is 2.00 bits per heavy atom. The number of aromatic nitrogens is 3. The van der Waals surface area contributed by atoms with Crippen molar-refractivity contribution in [3.8, 4) is 5.69 Å². The minimum Gasteiger partial charge on any atom is -0.354 e. The Balaban J connectivity index is 1.54. The van der Waals surface area contributed by atoms with Crippen molar-refractivity contribution in [1.82, 2.24) is 20.1 Å². The smallest absolute Gasteiger partial charge is 0.185 e. The fourth-order valence-electron chi connectivity index (χ4n) is 3.46. The monoisotopic (exact) mass is 389 g/mol. The molecule has 8 heteroatoms. The van der Waals surface area contributed by atoms with Gasteiger partial charge in [-0.1, -0.05) is 0 Å². The van der Waals surface area contributed by atoms with Gasteiger partial charge in [-0.05, 0) is 31.4 Å². The normalized spacial score (nSPS) is 16.4. The van der Waals surface area contributed by atoms with Crippen LogP contribution in [0, 0.1) is 11.6 Å². The van der Waals surface area contributed by atoms with E-state index >= 15 is 0 Å². The molecular formula is C19H21F2N5S. The number of benzene rings is 1. The van der Waals surface area contributed by atoms with Crippen molar-refractivity contribution in [2.45, 2.75) is 31.8 Å². The van der Waals surface area contributed by atoms with Gasteiger partial charge in [-0.2, -0.15) is 5.10 Å². The van der Waals surface area contributed by atoms with Crippen LogP contribution in [0.2, 0.25) is 0 Å². The Hall–Kier alpha value is -2.32. The average Bonchev–Trinajstić information content (AvgIpc) is 3.26. The van der Waals surface area contributed by atoms with Gasteiger partial charge in [0.2, 0.25) is 0 Å². The molecule has 0 aliphatic heterocycles. The molecule has 0 amide bonds. The van der Waals surface area contributed by atoms with Crippen LogP contribution in [0.3, 0.4) is 0 Å². The molecule has 0 bridgehead atoms. The summed E-state index contributed by atoms with van der Waals surface area (Å²) >= 11 is 1.66. The Kier molecular flexibility index (Phi) is 4.92. The molecule has 0 unspecified atom stereocenters. The van der Waals surface area contributed by atoms with E-state index in [4.69, 9.17) is 0 Å². The van der Waals surface area contributed by atoms with Gasteiger partial charge < -0.3 is 10.2 Å². The second kappa shape index (κ2) is 7.36. The zero-order valence-corrected chi connectivity index (χ0v) is 16.1. The van der Waals surface area contributed by atoms with E-state index in [2.05, 4.69) is 15.4 Å². The molecule has 2 heterocycles. The van der Waals surface area contributed by atoms with Crippen molar-refractivity contribution < 1.29 is 8.78 Å². The fraction of sp³-hybridized carbons (Fsp3) is 0.368. The SMILES string of the molecule is CN(C)c1ncc(CN[C@@H]2CCCc3c2cnn3-c2cc(F)cc(F)c2)s1. The van der Waals surface area contributed by atoms with Crippen LogP contribution < -0.4 is 10.2 Å². The van der Waals surface area contributed by atoms with E-state index in [0.717, 1.165) is 48.3 Å². The summed E-state index contributed by atoms with van der Waals surface area (Å²) in [6.07, 6.45) is 6.56. The maximum absolute atomic E-state index is 13.6. The molecule has 2 aromatic heterocycles. The number of hydrogen-bond acceptors (Lipinski definition) is 5. The van der Waals surface area contributed by atoms with Gasteiger partial charge in [0.1, 0.15) is 11.6 Å². The van der Waals surface area contributed by atoms with Crippen LogP contribution in [0.25, 0.3) is 5.69 Å². The van der Waals surface area contributed by atoms with Crippen LogP contribution >= 0.6 is 11.3 Å². The van der Waals surface area contributed by atoms with Gasteiger partial charge >= 0.3 is 0 Å². The molecule has 0 fully saturated rings. The highest BCUT2D eigenvalue weighted by Crippen LogP contribution is 2.32. The molecule has 3 aromatic rings. The Morgan fingerprint density at radius 1 is 1.22 bits per heavy atom. The number of hydrogen-bond donors (Lipinski definition) is 1. The number of halogens is 2. The number of fused-ring (bicyclic) bond motifs is 1. The summed E-state index contributed by atoms with van der Waals surface area (Å²) in [6.45, 7) is 0.732. The van der Waals surface area contributed by atoms with Crippen LogP contribution in [0.15, 0.2) is 30.6 Å². The van der Waals surface area contributed by atoms with Crippen LogP contribution in [-0.4, -0.2) is 28.9 Å². The third-order valence-corrected chi connectivity index (χ3v) is 5.89. The molecule has 5 nitrogen and oxygen atoms in total. The first kappa shape index (κ1) is 18.1. The molecule has 0 saturated heterocycles. The lowest BCUT2D eigenvalue weighted by Gasteiger charge is -2.24. The largest absolute Gasteiger partial charge is 0.354 e. The third kappa shape index (κ3) is 3.72. The van der Waals surface area contributed by atoms with Crippen molar-refractivity contribution in [3.05, 3.63) is 58.4 Å². The number of anilines is 1. The number of nitrogens with zero attached hydrogens (tertiary/aromatic N) is 4. The highest BCUT2D eigenvalue weighted by Gasteiger charge is 2.25. The van der Waals surface area contributed by atoms with E-state index in [9.17, 15) is 8.78 Å². The van der Waals surface area contributed by atoms with Crippen molar-refractivity contribution in [3.63, 3.8) is 0 Å². The van der Waals surface area contributed by atoms with Gasteiger partial charge in [-0.3, -0.25) is 0 Å². The number of nitrogens with one attached hydrogen (secondary N) is 1. The molecule has 1 aliphatic rings. The highest BCUT2D eigenvalue weighted by molar-refractivity contribution is 7.15. The maximum atomic E-state index is 13.6. The topological polar surface area (TPSA) is 46.0 Å². The van der Waals surface area contributed by atoms with Crippen molar-refractivity contribution in [2.24, 2.45) is 0 Å². The number of rotatable bonds is 5. The maximum Gasteiger partial charge on any atom is 0.185 e. The molecule has 1 aromatic carbocycles. The van der Waals surface area contributed by atoms with Gasteiger partial charge in [0.25, 0.3) is 0 Å². The van der Waals surface area contributed by atoms with Crippen LogP contribution in [0.4, 0.5) is 13.9 Å². The van der Waals surface area contributed by atoms with Crippen molar-refractivity contribution >= 4 is 16.5 Å². The minimum absolute atomic E-state index is 0.172. The van der Waals surface area contributed by atoms with E-state index in [-0.39, 0.29) is 6.04 Å². The van der Waals surface area contributed by atoms with E-state index < -0.39 is 11.6 Å². The minimum atomic E-state index is -0.596. The van der Waals surface area contributed by atoms with Crippen LogP contribution in [0.5, 0.6) is 0 Å². The summed E-state index contributed by atoms with van der Waals surface area (Å²) in [7, 11) is 3.96. The predicted octanol–water partition coefficient (Wildman–Crippen LogP) is 3.84. The fourth-order valence-corrected chi connectivity index (χ4v) is 4.25. The second-order valence-corrected chi connectivity index (χ2v) is 8.01. The summed E-state index contributed by atoms with van der Waals surface area (Å²) in [5.41, 5.74) is 2.54. The first-order chi connectivity index (χ1) is 13.0. The van der Waals surface area contributed by atoms with Gasteiger partial charge in [0.05, 0.1) is 11.9 Å². The van der Waals surface area contributed by atoms with E-state index in [1.807, 2.05) is 31.4 Å². The van der Waals surface area contributed by atoms with Crippen LogP contribution in [0.1, 0.15) is 35.0 Å². The van der Waals surface area contributed by atoms with Gasteiger partial charge in [-0.25, -0.2) is 18.4 Å². The lowest BCUT2D eigenvalue weighted by atomic mass is 9.93. The zero-order valence-electron chi connectivity index (χ0n) is 15.2. The summed E-state index contributed by atoms with van der Waals surface area (Å²) < 4.78 is 28.8. The molecule has 4 rings (SSSR count). The zero-order chi connectivity index (χ0) is 19.0. The summed E-state index contributed by atoms with van der Waals surface area (Å²) in [5, 5.41) is 8.98. The molecule has 27 heavy (non-hydrogen) atoms. The summed E-state index contributed by atoms with van der Waals surface area (Å²) in [5.74, 6) is -1.19. The molecule has 1 aliphatic carbocycles. The molecule has 0 spiro atoms. The summed E-state index contributed by atoms with van der Waals surface area (Å²) in [6, 6.07) is 3.67. The van der Waals surface area contributed by atoms with Gasteiger partial charge in [-0.15, -0.1) is 11.3 Å². The molecule has 142 valence electrons. The van der Waals surface area contributed by atoms with Gasteiger partial charge in [0, 0.05) is 55.1 Å². The summed E-state index contributed by atoms with van der Waals surface area (Å²) in [4.78, 5) is 7.57. The quantitative estimate of drug-likeness (QED) is 0.720. The van der Waals surface area contributed by atoms with Gasteiger partial charge in [0.15, 0.2) is 5.13 Å². The van der Waals surface area contributed by atoms with E-state index in [0.29, 0.717) is 5.69 Å². The Labute approximate surface area is 160 Å². The highest BCUT2D eigenvalue weighted by atomic mass is 32.1. The Bertz CT molecular complexity index is 929. The van der Waals surface area contributed by atoms with Crippen LogP contribution in [-0.2, 0) is 13.0 Å². The molecule has 0 radical (unpaired) electrons. The van der Waals surface area contributed by atoms with E-state index in [1.54, 1.807) is 16.0 Å². The number of thiazole rings is 1. The second-order valence-electron chi connectivity index (χ2n) is 6.92. The third-order valence-electron chi connectivity index (χ3n) is 4.72. The molecule has 0 saturated carbocycles. The average molecular weight is 389 g/mol. The molecular weight excluding hydrogens is 368 g/mol. The van der Waals surface area contributed by atoms with E-state index in [1.165, 1.54) is 17.0 Å². The van der Waals surface area contributed by atoms with Crippen molar-refractivity contribution in [1.29, 1.82) is 0 Å². The van der Waals surface area contributed by atoms with Crippen molar-refractivity contribution in [2.75, 3.05) is 19.0 Å². The molecule has 1 N–H and O–H groups in total. The predicted molar refractivity (Wildman–Crippen MR) is 102 cm³/mol. The first-order valence-corrected chi connectivity index (χ1v) is 9.71. The first-order valence-electron chi connectivity index (χ1n) is 8.90. The molecule has 1 atom stereocenters.